The third-order valence-corrected chi connectivity index (χ3v) is 6.80. The van der Waals surface area contributed by atoms with Crippen LogP contribution in [0.5, 0.6) is 0 Å². The van der Waals surface area contributed by atoms with Crippen molar-refractivity contribution in [1.82, 2.24) is 0 Å². The van der Waals surface area contributed by atoms with Crippen molar-refractivity contribution in [2.45, 2.75) is 20.5 Å². The molecule has 5 nitrogen and oxygen atoms in total. The van der Waals surface area contributed by atoms with E-state index in [1.54, 1.807) is 24.3 Å². The fourth-order valence-electron chi connectivity index (χ4n) is 4.89. The first-order chi connectivity index (χ1) is 17.4. The van der Waals surface area contributed by atoms with Crippen molar-refractivity contribution in [3.63, 3.8) is 0 Å². The SMILES string of the molecule is Cc1cccc(C)c1COC(=O)c1ccc(-c2cccc3c(C(=O)[O-])c4ccccc4[n+](C)c23)cc1. The van der Waals surface area contributed by atoms with Gasteiger partial charge in [-0.05, 0) is 66.4 Å². The lowest BCUT2D eigenvalue weighted by Crippen LogP contribution is -2.33. The van der Waals surface area contributed by atoms with Crippen molar-refractivity contribution >= 4 is 33.7 Å². The number of carbonyl (C=O) groups excluding carboxylic acids is 2. The van der Waals surface area contributed by atoms with Gasteiger partial charge in [-0.3, -0.25) is 0 Å². The fourth-order valence-corrected chi connectivity index (χ4v) is 4.89. The van der Waals surface area contributed by atoms with Gasteiger partial charge in [0.05, 0.1) is 27.9 Å². The van der Waals surface area contributed by atoms with Crippen molar-refractivity contribution in [2.75, 3.05) is 0 Å². The second-order valence-electron chi connectivity index (χ2n) is 8.96. The number of pyridine rings is 1. The number of hydrogen-bond acceptors (Lipinski definition) is 4. The summed E-state index contributed by atoms with van der Waals surface area (Å²) in [6, 6.07) is 26.2. The molecule has 0 aliphatic rings. The van der Waals surface area contributed by atoms with Gasteiger partial charge in [-0.25, -0.2) is 4.79 Å². The molecule has 0 atom stereocenters. The van der Waals surface area contributed by atoms with E-state index in [1.165, 1.54) is 0 Å². The molecule has 0 aliphatic heterocycles. The van der Waals surface area contributed by atoms with Gasteiger partial charge < -0.3 is 14.6 Å². The van der Waals surface area contributed by atoms with Crippen LogP contribution < -0.4 is 9.67 Å². The third kappa shape index (κ3) is 3.99. The number of fused-ring (bicyclic) bond motifs is 2. The van der Waals surface area contributed by atoms with Gasteiger partial charge in [0, 0.05) is 11.6 Å². The fraction of sp³-hybridized carbons (Fsp3) is 0.129. The molecule has 5 rings (SSSR count). The Labute approximate surface area is 209 Å². The van der Waals surface area contributed by atoms with Crippen molar-refractivity contribution < 1.29 is 24.0 Å². The minimum atomic E-state index is -1.21. The number of aromatic carboxylic acids is 1. The average molecular weight is 476 g/mol. The van der Waals surface area contributed by atoms with Gasteiger partial charge in [-0.15, -0.1) is 0 Å². The largest absolute Gasteiger partial charge is 0.545 e. The van der Waals surface area contributed by atoms with E-state index in [0.29, 0.717) is 16.3 Å². The Balaban J connectivity index is 1.52. The number of aromatic nitrogens is 1. The lowest BCUT2D eigenvalue weighted by molar-refractivity contribution is -0.617. The summed E-state index contributed by atoms with van der Waals surface area (Å²) >= 11 is 0. The molecule has 1 aromatic heterocycles. The van der Waals surface area contributed by atoms with Crippen LogP contribution >= 0.6 is 0 Å². The van der Waals surface area contributed by atoms with Crippen LogP contribution in [0.15, 0.2) is 84.9 Å². The van der Waals surface area contributed by atoms with Crippen molar-refractivity contribution in [3.05, 3.63) is 113 Å². The highest BCUT2D eigenvalue weighted by atomic mass is 16.5. The first-order valence-electron chi connectivity index (χ1n) is 11.7. The molecule has 4 aromatic carbocycles. The van der Waals surface area contributed by atoms with Crippen LogP contribution in [-0.2, 0) is 18.4 Å². The molecule has 178 valence electrons. The van der Waals surface area contributed by atoms with Gasteiger partial charge in [0.1, 0.15) is 13.7 Å². The molecule has 0 radical (unpaired) electrons. The molecule has 36 heavy (non-hydrogen) atoms. The normalized spacial score (nSPS) is 11.1. The van der Waals surface area contributed by atoms with Crippen LogP contribution in [0.3, 0.4) is 0 Å². The summed E-state index contributed by atoms with van der Waals surface area (Å²) in [4.78, 5) is 24.9. The zero-order valence-electron chi connectivity index (χ0n) is 20.4. The van der Waals surface area contributed by atoms with Gasteiger partial charge in [0.15, 0.2) is 0 Å². The maximum atomic E-state index is 12.7. The topological polar surface area (TPSA) is 70.3 Å². The van der Waals surface area contributed by atoms with Gasteiger partial charge in [0.25, 0.3) is 0 Å². The number of hydrogen-bond donors (Lipinski definition) is 0. The lowest BCUT2D eigenvalue weighted by Gasteiger charge is -2.13. The molecule has 5 heteroatoms. The highest BCUT2D eigenvalue weighted by molar-refractivity contribution is 6.13. The van der Waals surface area contributed by atoms with Crippen molar-refractivity contribution in [2.24, 2.45) is 7.05 Å². The second kappa shape index (κ2) is 9.27. The Hall–Kier alpha value is -4.51. The number of benzene rings is 4. The maximum absolute atomic E-state index is 12.7. The molecule has 0 aliphatic carbocycles. The zero-order valence-corrected chi connectivity index (χ0v) is 20.4. The van der Waals surface area contributed by atoms with Crippen molar-refractivity contribution in [1.29, 1.82) is 0 Å². The molecule has 1 heterocycles. The number of carboxylic acids is 1. The van der Waals surface area contributed by atoms with E-state index >= 15 is 0 Å². The monoisotopic (exact) mass is 475 g/mol. The third-order valence-electron chi connectivity index (χ3n) is 6.80. The lowest BCUT2D eigenvalue weighted by atomic mass is 9.96. The highest BCUT2D eigenvalue weighted by Gasteiger charge is 2.22. The van der Waals surface area contributed by atoms with E-state index in [4.69, 9.17) is 4.74 Å². The van der Waals surface area contributed by atoms with Crippen molar-refractivity contribution in [3.8, 4) is 11.1 Å². The van der Waals surface area contributed by atoms with E-state index in [-0.39, 0.29) is 12.2 Å². The van der Waals surface area contributed by atoms with E-state index in [2.05, 4.69) is 0 Å². The van der Waals surface area contributed by atoms with E-state index in [1.807, 2.05) is 86.1 Å². The molecular formula is C31H25NO4. The first kappa shape index (κ1) is 23.2. The second-order valence-corrected chi connectivity index (χ2v) is 8.96. The molecule has 0 unspecified atom stereocenters. The smallest absolute Gasteiger partial charge is 0.338 e. The van der Waals surface area contributed by atoms with Gasteiger partial charge in [0.2, 0.25) is 11.0 Å². The Kier molecular flexibility index (Phi) is 5.98. The molecule has 0 saturated heterocycles. The van der Waals surface area contributed by atoms with Crippen LogP contribution in [0, 0.1) is 13.8 Å². The van der Waals surface area contributed by atoms with Gasteiger partial charge in [-0.1, -0.05) is 48.5 Å². The summed E-state index contributed by atoms with van der Waals surface area (Å²) < 4.78 is 7.58. The molecule has 0 N–H and O–H groups in total. The number of esters is 1. The molecule has 0 fully saturated rings. The predicted molar refractivity (Wildman–Crippen MR) is 137 cm³/mol. The molecule has 5 aromatic rings. The van der Waals surface area contributed by atoms with Crippen LogP contribution in [0.25, 0.3) is 32.9 Å². The summed E-state index contributed by atoms with van der Waals surface area (Å²) in [6.45, 7) is 4.23. The minimum absolute atomic E-state index is 0.173. The molecular weight excluding hydrogens is 450 g/mol. The molecule has 0 amide bonds. The number of nitrogens with zero attached hydrogens (tertiary/aromatic N) is 1. The number of carbonyl (C=O) groups is 2. The van der Waals surface area contributed by atoms with Crippen LogP contribution in [0.4, 0.5) is 0 Å². The summed E-state index contributed by atoms with van der Waals surface area (Å²) in [7, 11) is 1.92. The summed E-state index contributed by atoms with van der Waals surface area (Å²) in [5, 5.41) is 13.4. The Bertz CT molecular complexity index is 1630. The summed E-state index contributed by atoms with van der Waals surface area (Å²) in [6.07, 6.45) is 0. The summed E-state index contributed by atoms with van der Waals surface area (Å²) in [5.74, 6) is -1.60. The number of para-hydroxylation sites is 2. The molecule has 0 bridgehead atoms. The number of carboxylic acid groups (broad SMARTS) is 1. The minimum Gasteiger partial charge on any atom is -0.545 e. The molecule has 0 spiro atoms. The number of aryl methyl sites for hydroxylation is 3. The quantitative estimate of drug-likeness (QED) is 0.208. The van der Waals surface area contributed by atoms with Crippen LogP contribution in [0.2, 0.25) is 0 Å². The van der Waals surface area contributed by atoms with Crippen LogP contribution in [0.1, 0.15) is 37.4 Å². The number of ether oxygens (including phenoxy) is 1. The van der Waals surface area contributed by atoms with E-state index in [0.717, 1.165) is 38.9 Å². The standard InChI is InChI=1S/C31H25NO4/c1-19-8-6-9-20(2)26(19)18-36-31(35)22-16-14-21(15-17-22)23-11-7-12-25-28(30(33)34)24-10-4-5-13-27(24)32(3)29(23)25/h4-17H,18H2,1-3H3. The average Bonchev–Trinajstić information content (AvgIpc) is 2.88. The Morgan fingerprint density at radius 2 is 1.44 bits per heavy atom. The highest BCUT2D eigenvalue weighted by Crippen LogP contribution is 2.31. The zero-order chi connectivity index (χ0) is 25.4. The predicted octanol–water partition coefficient (Wildman–Crippen LogP) is 4.82. The first-order valence-corrected chi connectivity index (χ1v) is 11.7. The van der Waals surface area contributed by atoms with Gasteiger partial charge in [-0.2, -0.15) is 4.57 Å². The molecule has 0 saturated carbocycles. The Morgan fingerprint density at radius 3 is 2.14 bits per heavy atom. The van der Waals surface area contributed by atoms with Gasteiger partial charge >= 0.3 is 5.97 Å². The maximum Gasteiger partial charge on any atom is 0.338 e. The van der Waals surface area contributed by atoms with Crippen LogP contribution in [-0.4, -0.2) is 11.9 Å². The Morgan fingerprint density at radius 1 is 0.806 bits per heavy atom. The number of rotatable bonds is 5. The van der Waals surface area contributed by atoms with E-state index < -0.39 is 11.9 Å². The summed E-state index contributed by atoms with van der Waals surface area (Å²) in [5.41, 5.74) is 7.12. The van der Waals surface area contributed by atoms with E-state index in [9.17, 15) is 14.7 Å².